The van der Waals surface area contributed by atoms with Crippen LogP contribution < -0.4 is 5.56 Å². The Morgan fingerprint density at radius 3 is 2.34 bits per heavy atom. The van der Waals surface area contributed by atoms with Gasteiger partial charge in [0.25, 0.3) is 5.56 Å². The highest BCUT2D eigenvalue weighted by molar-refractivity contribution is 8.00. The zero-order chi connectivity index (χ0) is 22.8. The fourth-order valence-electron chi connectivity index (χ4n) is 3.45. The number of aryl methyl sites for hydroxylation is 1. The summed E-state index contributed by atoms with van der Waals surface area (Å²) in [4.78, 5) is 42.5. The highest BCUT2D eigenvalue weighted by Gasteiger charge is 2.22. The molecule has 0 aliphatic heterocycles. The topological polar surface area (TPSA) is 89.3 Å². The van der Waals surface area contributed by atoms with E-state index in [0.29, 0.717) is 21.8 Å². The molecule has 1 N–H and O–H groups in total. The minimum absolute atomic E-state index is 0.0439. The number of nitrogens with zero attached hydrogens (tertiary/aromatic N) is 2. The fraction of sp³-hybridized carbons (Fsp3) is 0.120. The molecule has 4 rings (SSSR count). The number of ketones is 1. The molecule has 1 heterocycles. The number of fused-ring (bicyclic) bond motifs is 1. The van der Waals surface area contributed by atoms with Crippen LogP contribution in [0.15, 0.2) is 82.7 Å². The van der Waals surface area contributed by atoms with Crippen LogP contribution in [0, 0.1) is 6.92 Å². The minimum Gasteiger partial charge on any atom is -0.478 e. The zero-order valence-corrected chi connectivity index (χ0v) is 18.3. The number of para-hydroxylation sites is 1. The molecule has 0 radical (unpaired) electrons. The molecule has 0 spiro atoms. The summed E-state index contributed by atoms with van der Waals surface area (Å²) in [7, 11) is 0. The highest BCUT2D eigenvalue weighted by Crippen LogP contribution is 2.28. The third-order valence-electron chi connectivity index (χ3n) is 5.15. The maximum Gasteiger partial charge on any atom is 0.335 e. The van der Waals surface area contributed by atoms with Crippen molar-refractivity contribution in [1.29, 1.82) is 0 Å². The number of Topliss-reactive ketones (excluding diaryl/α,β-unsaturated/α-hetero) is 1. The summed E-state index contributed by atoms with van der Waals surface area (Å²) in [6.07, 6.45) is 0. The number of benzene rings is 3. The Balaban J connectivity index is 1.89. The van der Waals surface area contributed by atoms with Crippen molar-refractivity contribution in [2.24, 2.45) is 0 Å². The molecule has 0 fully saturated rings. The minimum atomic E-state index is -1.10. The Labute approximate surface area is 188 Å². The number of aromatic carboxylic acids is 1. The van der Waals surface area contributed by atoms with E-state index in [9.17, 15) is 19.5 Å². The summed E-state index contributed by atoms with van der Waals surface area (Å²) in [5, 5.41) is 9.46. The van der Waals surface area contributed by atoms with E-state index in [4.69, 9.17) is 0 Å². The summed E-state index contributed by atoms with van der Waals surface area (Å²) in [6.45, 7) is 3.67. The average Bonchev–Trinajstić information content (AvgIpc) is 2.79. The van der Waals surface area contributed by atoms with Crippen molar-refractivity contribution in [2.45, 2.75) is 24.3 Å². The molecule has 32 heavy (non-hydrogen) atoms. The Morgan fingerprint density at radius 1 is 0.969 bits per heavy atom. The molecule has 0 aliphatic rings. The van der Waals surface area contributed by atoms with E-state index in [1.165, 1.54) is 34.5 Å². The number of carboxylic acid groups (broad SMARTS) is 1. The van der Waals surface area contributed by atoms with Gasteiger partial charge in [0.05, 0.1) is 27.4 Å². The molecule has 4 aromatic rings. The Hall–Kier alpha value is -3.71. The second kappa shape index (κ2) is 8.80. The van der Waals surface area contributed by atoms with Crippen molar-refractivity contribution >= 4 is 34.4 Å². The third kappa shape index (κ3) is 4.07. The van der Waals surface area contributed by atoms with Crippen molar-refractivity contribution in [2.75, 3.05) is 0 Å². The van der Waals surface area contributed by atoms with Crippen molar-refractivity contribution in [3.8, 4) is 5.69 Å². The number of rotatable bonds is 6. The first-order valence-corrected chi connectivity index (χ1v) is 10.9. The monoisotopic (exact) mass is 444 g/mol. The summed E-state index contributed by atoms with van der Waals surface area (Å²) in [5.74, 6) is -1.18. The molecule has 0 saturated carbocycles. The lowest BCUT2D eigenvalue weighted by Crippen LogP contribution is -2.24. The SMILES string of the molecule is Cc1ccccc1-n1c(SC(C)C(=O)c2ccccc2)nc2cc(C(=O)O)ccc2c1=O. The van der Waals surface area contributed by atoms with Crippen LogP contribution in [-0.4, -0.2) is 31.7 Å². The zero-order valence-electron chi connectivity index (χ0n) is 17.5. The lowest BCUT2D eigenvalue weighted by atomic mass is 10.1. The number of carbonyl (C=O) groups excluding carboxylic acids is 1. The van der Waals surface area contributed by atoms with Gasteiger partial charge in [-0.25, -0.2) is 9.78 Å². The number of hydrogen-bond donors (Lipinski definition) is 1. The quantitative estimate of drug-likeness (QED) is 0.262. The molecule has 0 amide bonds. The maximum atomic E-state index is 13.5. The summed E-state index contributed by atoms with van der Waals surface area (Å²) in [6, 6.07) is 20.6. The summed E-state index contributed by atoms with van der Waals surface area (Å²) < 4.78 is 1.50. The second-order valence-electron chi connectivity index (χ2n) is 7.35. The molecule has 6 nitrogen and oxygen atoms in total. The molecule has 1 atom stereocenters. The van der Waals surface area contributed by atoms with E-state index in [0.717, 1.165) is 5.56 Å². The lowest BCUT2D eigenvalue weighted by molar-refractivity contribution is 0.0696. The maximum absolute atomic E-state index is 13.5. The van der Waals surface area contributed by atoms with E-state index in [1.54, 1.807) is 31.2 Å². The largest absolute Gasteiger partial charge is 0.478 e. The molecular weight excluding hydrogens is 424 g/mol. The van der Waals surface area contributed by atoms with Crippen molar-refractivity contribution in [1.82, 2.24) is 9.55 Å². The third-order valence-corrected chi connectivity index (χ3v) is 6.20. The van der Waals surface area contributed by atoms with Gasteiger partial charge in [0.15, 0.2) is 10.9 Å². The summed E-state index contributed by atoms with van der Waals surface area (Å²) >= 11 is 1.17. The van der Waals surface area contributed by atoms with Gasteiger partial charge in [-0.1, -0.05) is 60.3 Å². The standard InChI is InChI=1S/C25H20N2O4S/c1-15-8-6-7-11-21(15)27-23(29)19-13-12-18(24(30)31)14-20(19)26-25(27)32-16(2)22(28)17-9-4-3-5-10-17/h3-14,16H,1-2H3,(H,30,31). The summed E-state index contributed by atoms with van der Waals surface area (Å²) in [5.41, 5.74) is 2.12. The van der Waals surface area contributed by atoms with Crippen molar-refractivity contribution in [3.63, 3.8) is 0 Å². The molecule has 160 valence electrons. The van der Waals surface area contributed by atoms with Crippen LogP contribution in [0.5, 0.6) is 0 Å². The normalized spacial score (nSPS) is 11.9. The number of carbonyl (C=O) groups is 2. The Morgan fingerprint density at radius 2 is 1.66 bits per heavy atom. The number of thioether (sulfide) groups is 1. The van der Waals surface area contributed by atoms with Gasteiger partial charge in [-0.15, -0.1) is 0 Å². The van der Waals surface area contributed by atoms with Crippen LogP contribution in [0.25, 0.3) is 16.6 Å². The molecule has 1 unspecified atom stereocenters. The molecule has 3 aromatic carbocycles. The van der Waals surface area contributed by atoms with Gasteiger partial charge in [0.1, 0.15) is 0 Å². The van der Waals surface area contributed by atoms with Crippen LogP contribution in [0.4, 0.5) is 0 Å². The first-order valence-electron chi connectivity index (χ1n) is 9.99. The van der Waals surface area contributed by atoms with E-state index >= 15 is 0 Å². The van der Waals surface area contributed by atoms with E-state index in [1.807, 2.05) is 37.3 Å². The van der Waals surface area contributed by atoms with Crippen LogP contribution in [-0.2, 0) is 0 Å². The predicted octanol–water partition coefficient (Wildman–Crippen LogP) is 4.76. The molecule has 0 aliphatic carbocycles. The molecule has 7 heteroatoms. The predicted molar refractivity (Wildman–Crippen MR) is 125 cm³/mol. The van der Waals surface area contributed by atoms with Crippen LogP contribution in [0.3, 0.4) is 0 Å². The molecular formula is C25H20N2O4S. The van der Waals surface area contributed by atoms with Gasteiger partial charge in [-0.05, 0) is 43.7 Å². The lowest BCUT2D eigenvalue weighted by Gasteiger charge is -2.17. The van der Waals surface area contributed by atoms with Crippen molar-refractivity contribution < 1.29 is 14.7 Å². The molecule has 0 bridgehead atoms. The number of aromatic nitrogens is 2. The smallest absolute Gasteiger partial charge is 0.335 e. The number of carboxylic acids is 1. The van der Waals surface area contributed by atoms with Gasteiger partial charge in [0.2, 0.25) is 0 Å². The first-order chi connectivity index (χ1) is 15.4. The van der Waals surface area contributed by atoms with Crippen LogP contribution in [0.1, 0.15) is 33.2 Å². The average molecular weight is 445 g/mol. The van der Waals surface area contributed by atoms with Crippen LogP contribution >= 0.6 is 11.8 Å². The Bertz CT molecular complexity index is 1400. The molecule has 1 aromatic heterocycles. The van der Waals surface area contributed by atoms with E-state index in [2.05, 4.69) is 4.98 Å². The van der Waals surface area contributed by atoms with Gasteiger partial charge >= 0.3 is 5.97 Å². The van der Waals surface area contributed by atoms with E-state index in [-0.39, 0.29) is 22.4 Å². The number of hydrogen-bond acceptors (Lipinski definition) is 5. The van der Waals surface area contributed by atoms with Gasteiger partial charge in [0, 0.05) is 5.56 Å². The first kappa shape index (κ1) is 21.5. The van der Waals surface area contributed by atoms with Gasteiger partial charge in [-0.2, -0.15) is 0 Å². The Kier molecular flexibility index (Phi) is 5.92. The highest BCUT2D eigenvalue weighted by atomic mass is 32.2. The van der Waals surface area contributed by atoms with E-state index < -0.39 is 11.2 Å². The van der Waals surface area contributed by atoms with Gasteiger partial charge < -0.3 is 5.11 Å². The molecule has 0 saturated heterocycles. The van der Waals surface area contributed by atoms with Gasteiger partial charge in [-0.3, -0.25) is 14.2 Å². The van der Waals surface area contributed by atoms with Crippen molar-refractivity contribution in [3.05, 3.63) is 99.8 Å². The fourth-order valence-corrected chi connectivity index (χ4v) is 4.45. The second-order valence-corrected chi connectivity index (χ2v) is 8.66. The van der Waals surface area contributed by atoms with Crippen LogP contribution in [0.2, 0.25) is 0 Å².